The van der Waals surface area contributed by atoms with E-state index in [9.17, 15) is 0 Å². The molecule has 2 aromatic carbocycles. The molecule has 0 saturated heterocycles. The Morgan fingerprint density at radius 2 is 1.56 bits per heavy atom. The Balaban J connectivity index is 2.04. The molecule has 1 nitrogen and oxygen atoms in total. The molecule has 0 atom stereocenters. The topological polar surface area (TPSA) is 26.0 Å². The lowest BCUT2D eigenvalue weighted by molar-refractivity contribution is 0.470. The minimum absolute atomic E-state index is 0.221. The molecule has 1 heteroatoms. The zero-order chi connectivity index (χ0) is 12.8. The summed E-state index contributed by atoms with van der Waals surface area (Å²) in [6.07, 6.45) is 1.90. The molecule has 0 amide bonds. The third-order valence-electron chi connectivity index (χ3n) is 4.05. The number of rotatable bonds is 1. The van der Waals surface area contributed by atoms with Crippen molar-refractivity contribution in [3.8, 4) is 0 Å². The number of hydrogen-bond acceptors (Lipinski definition) is 1. The van der Waals surface area contributed by atoms with Gasteiger partial charge in [0.2, 0.25) is 0 Å². The number of fused-ring (bicyclic) bond motifs is 1. The molecule has 0 aliphatic heterocycles. The zero-order valence-electron chi connectivity index (χ0n) is 11.0. The van der Waals surface area contributed by atoms with Crippen LogP contribution < -0.4 is 5.73 Å². The van der Waals surface area contributed by atoms with Crippen LogP contribution in [0.1, 0.15) is 27.8 Å². The van der Waals surface area contributed by atoms with Gasteiger partial charge in [0.25, 0.3) is 0 Å². The van der Waals surface area contributed by atoms with Gasteiger partial charge in [-0.15, -0.1) is 0 Å². The Hall–Kier alpha value is -1.60. The maximum atomic E-state index is 6.68. The average Bonchev–Trinajstić information content (AvgIpc) is 2.65. The third-order valence-corrected chi connectivity index (χ3v) is 4.05. The molecule has 2 aromatic rings. The van der Waals surface area contributed by atoms with E-state index in [0.29, 0.717) is 0 Å². The molecule has 1 aliphatic carbocycles. The normalized spacial score (nSPS) is 16.6. The SMILES string of the molecule is Cc1ccc(C2(N)Cc3ccccc3C2)c(C)c1. The fourth-order valence-corrected chi connectivity index (χ4v) is 3.21. The highest BCUT2D eigenvalue weighted by molar-refractivity contribution is 5.44. The van der Waals surface area contributed by atoms with Crippen molar-refractivity contribution in [1.82, 2.24) is 0 Å². The molecule has 0 saturated carbocycles. The Kier molecular flexibility index (Phi) is 2.53. The number of hydrogen-bond donors (Lipinski definition) is 1. The third kappa shape index (κ3) is 1.75. The van der Waals surface area contributed by atoms with Crippen LogP contribution in [0, 0.1) is 13.8 Å². The summed E-state index contributed by atoms with van der Waals surface area (Å²) in [5, 5.41) is 0. The molecule has 0 spiro atoms. The fourth-order valence-electron chi connectivity index (χ4n) is 3.21. The number of aryl methyl sites for hydroxylation is 2. The summed E-state index contributed by atoms with van der Waals surface area (Å²) in [7, 11) is 0. The molecule has 0 bridgehead atoms. The second-order valence-electron chi connectivity index (χ2n) is 5.60. The molecule has 0 fully saturated rings. The summed E-state index contributed by atoms with van der Waals surface area (Å²) in [6.45, 7) is 4.29. The van der Waals surface area contributed by atoms with Gasteiger partial charge in [-0.1, -0.05) is 48.0 Å². The summed E-state index contributed by atoms with van der Waals surface area (Å²) in [5.41, 5.74) is 13.2. The molecule has 0 heterocycles. The van der Waals surface area contributed by atoms with Crippen LogP contribution in [0.2, 0.25) is 0 Å². The Labute approximate surface area is 109 Å². The molecule has 2 N–H and O–H groups in total. The molecule has 0 aromatic heterocycles. The molecule has 18 heavy (non-hydrogen) atoms. The van der Waals surface area contributed by atoms with E-state index in [0.717, 1.165) is 12.8 Å². The highest BCUT2D eigenvalue weighted by Crippen LogP contribution is 2.37. The zero-order valence-corrected chi connectivity index (χ0v) is 11.0. The minimum Gasteiger partial charge on any atom is -0.321 e. The molecule has 92 valence electrons. The first-order valence-electron chi connectivity index (χ1n) is 6.52. The molecular formula is C17H19N. The van der Waals surface area contributed by atoms with E-state index in [2.05, 4.69) is 56.3 Å². The molecule has 0 unspecified atom stereocenters. The predicted octanol–water partition coefficient (Wildman–Crippen LogP) is 3.26. The van der Waals surface area contributed by atoms with Crippen molar-refractivity contribution < 1.29 is 0 Å². The van der Waals surface area contributed by atoms with Crippen molar-refractivity contribution in [2.24, 2.45) is 5.73 Å². The lowest BCUT2D eigenvalue weighted by atomic mass is 9.84. The van der Waals surface area contributed by atoms with E-state index in [1.54, 1.807) is 0 Å². The van der Waals surface area contributed by atoms with Crippen LogP contribution in [-0.2, 0) is 18.4 Å². The molecule has 1 aliphatic rings. The number of benzene rings is 2. The van der Waals surface area contributed by atoms with Crippen molar-refractivity contribution in [2.45, 2.75) is 32.2 Å². The summed E-state index contributed by atoms with van der Waals surface area (Å²) in [4.78, 5) is 0. The van der Waals surface area contributed by atoms with Gasteiger partial charge >= 0.3 is 0 Å². The van der Waals surface area contributed by atoms with E-state index >= 15 is 0 Å². The smallest absolute Gasteiger partial charge is 0.0494 e. The van der Waals surface area contributed by atoms with Gasteiger partial charge in [-0.3, -0.25) is 0 Å². The van der Waals surface area contributed by atoms with Crippen LogP contribution in [0.4, 0.5) is 0 Å². The van der Waals surface area contributed by atoms with Gasteiger partial charge in [0, 0.05) is 5.54 Å². The average molecular weight is 237 g/mol. The first-order valence-corrected chi connectivity index (χ1v) is 6.52. The van der Waals surface area contributed by atoms with Gasteiger partial charge < -0.3 is 5.73 Å². The van der Waals surface area contributed by atoms with Crippen molar-refractivity contribution in [2.75, 3.05) is 0 Å². The Bertz CT molecular complexity index is 573. The highest BCUT2D eigenvalue weighted by Gasteiger charge is 2.35. The standard InChI is InChI=1S/C17H19N/c1-12-7-8-16(13(2)9-12)17(18)10-14-5-3-4-6-15(14)11-17/h3-9H,10-11,18H2,1-2H3. The molecule has 0 radical (unpaired) electrons. The van der Waals surface area contributed by atoms with Crippen LogP contribution >= 0.6 is 0 Å². The molecular weight excluding hydrogens is 218 g/mol. The number of nitrogens with two attached hydrogens (primary N) is 1. The van der Waals surface area contributed by atoms with E-state index in [1.807, 2.05) is 0 Å². The summed E-state index contributed by atoms with van der Waals surface area (Å²) in [5.74, 6) is 0. The van der Waals surface area contributed by atoms with Crippen molar-refractivity contribution >= 4 is 0 Å². The van der Waals surface area contributed by atoms with Gasteiger partial charge in [-0.25, -0.2) is 0 Å². The first-order chi connectivity index (χ1) is 8.58. The van der Waals surface area contributed by atoms with Gasteiger partial charge in [-0.2, -0.15) is 0 Å². The van der Waals surface area contributed by atoms with Crippen LogP contribution in [-0.4, -0.2) is 0 Å². The monoisotopic (exact) mass is 237 g/mol. The van der Waals surface area contributed by atoms with Crippen molar-refractivity contribution in [1.29, 1.82) is 0 Å². The van der Waals surface area contributed by atoms with E-state index < -0.39 is 0 Å². The fraction of sp³-hybridized carbons (Fsp3) is 0.294. The maximum Gasteiger partial charge on any atom is 0.0494 e. The lowest BCUT2D eigenvalue weighted by Gasteiger charge is -2.26. The van der Waals surface area contributed by atoms with Gasteiger partial charge in [0.15, 0.2) is 0 Å². The van der Waals surface area contributed by atoms with Crippen LogP contribution in [0.5, 0.6) is 0 Å². The predicted molar refractivity (Wildman–Crippen MR) is 75.6 cm³/mol. The first kappa shape index (κ1) is 11.5. The van der Waals surface area contributed by atoms with Gasteiger partial charge in [0.05, 0.1) is 0 Å². The second kappa shape index (κ2) is 3.96. The van der Waals surface area contributed by atoms with Crippen molar-refractivity contribution in [3.05, 3.63) is 70.3 Å². The maximum absolute atomic E-state index is 6.68. The van der Waals surface area contributed by atoms with E-state index in [4.69, 9.17) is 5.73 Å². The van der Waals surface area contributed by atoms with Crippen molar-refractivity contribution in [3.63, 3.8) is 0 Å². The largest absolute Gasteiger partial charge is 0.321 e. The van der Waals surface area contributed by atoms with Crippen LogP contribution in [0.15, 0.2) is 42.5 Å². The van der Waals surface area contributed by atoms with Crippen LogP contribution in [0.25, 0.3) is 0 Å². The second-order valence-corrected chi connectivity index (χ2v) is 5.60. The summed E-state index contributed by atoms with van der Waals surface area (Å²) in [6, 6.07) is 15.2. The summed E-state index contributed by atoms with van der Waals surface area (Å²) >= 11 is 0. The van der Waals surface area contributed by atoms with E-state index in [1.165, 1.54) is 27.8 Å². The molecule has 3 rings (SSSR count). The quantitative estimate of drug-likeness (QED) is 0.809. The van der Waals surface area contributed by atoms with E-state index in [-0.39, 0.29) is 5.54 Å². The lowest BCUT2D eigenvalue weighted by Crippen LogP contribution is -2.38. The Morgan fingerprint density at radius 1 is 0.944 bits per heavy atom. The summed E-state index contributed by atoms with van der Waals surface area (Å²) < 4.78 is 0. The van der Waals surface area contributed by atoms with Gasteiger partial charge in [0.1, 0.15) is 0 Å². The minimum atomic E-state index is -0.221. The van der Waals surface area contributed by atoms with Gasteiger partial charge in [-0.05, 0) is 48.9 Å². The highest BCUT2D eigenvalue weighted by atomic mass is 14.8. The Morgan fingerprint density at radius 3 is 2.11 bits per heavy atom. The van der Waals surface area contributed by atoms with Crippen LogP contribution in [0.3, 0.4) is 0 Å².